The van der Waals surface area contributed by atoms with Crippen LogP contribution in [0.5, 0.6) is 0 Å². The summed E-state index contributed by atoms with van der Waals surface area (Å²) in [6.45, 7) is 1.67. The summed E-state index contributed by atoms with van der Waals surface area (Å²) in [5.74, 6) is 0.392. The molecule has 2 saturated heterocycles. The van der Waals surface area contributed by atoms with E-state index in [1.807, 2.05) is 0 Å². The summed E-state index contributed by atoms with van der Waals surface area (Å²) in [5.41, 5.74) is 1.50. The number of piperidine rings is 1. The Morgan fingerprint density at radius 2 is 2.00 bits per heavy atom. The second-order valence-electron chi connectivity index (χ2n) is 8.02. The molecule has 4 N–H and O–H groups in total. The molecule has 0 atom stereocenters. The molecule has 2 aromatic heterocycles. The van der Waals surface area contributed by atoms with Crippen LogP contribution < -0.4 is 21.3 Å². The van der Waals surface area contributed by atoms with Gasteiger partial charge < -0.3 is 16.0 Å². The first kappa shape index (κ1) is 18.7. The van der Waals surface area contributed by atoms with Crippen molar-refractivity contribution in [1.29, 1.82) is 0 Å². The van der Waals surface area contributed by atoms with Crippen LogP contribution >= 0.6 is 0 Å². The van der Waals surface area contributed by atoms with Crippen molar-refractivity contribution in [2.75, 3.05) is 23.7 Å². The highest BCUT2D eigenvalue weighted by molar-refractivity contribution is 6.15. The van der Waals surface area contributed by atoms with Crippen molar-refractivity contribution in [3.05, 3.63) is 23.4 Å². The first-order valence-electron chi connectivity index (χ1n) is 10.3. The van der Waals surface area contributed by atoms with E-state index in [0.717, 1.165) is 44.6 Å². The van der Waals surface area contributed by atoms with Crippen molar-refractivity contribution in [2.24, 2.45) is 5.92 Å². The van der Waals surface area contributed by atoms with Gasteiger partial charge in [0.2, 0.25) is 11.8 Å². The summed E-state index contributed by atoms with van der Waals surface area (Å²) >= 11 is 0. The average Bonchev–Trinajstić information content (AvgIpc) is 3.37. The van der Waals surface area contributed by atoms with E-state index >= 15 is 0 Å². The van der Waals surface area contributed by atoms with Gasteiger partial charge in [-0.05, 0) is 44.8 Å². The van der Waals surface area contributed by atoms with E-state index in [2.05, 4.69) is 31.3 Å². The Bertz CT molecular complexity index is 1060. The van der Waals surface area contributed by atoms with Crippen molar-refractivity contribution >= 4 is 41.1 Å². The molecule has 1 saturated carbocycles. The maximum absolute atomic E-state index is 12.7. The monoisotopic (exact) mass is 409 g/mol. The fourth-order valence-electron chi connectivity index (χ4n) is 3.81. The smallest absolute Gasteiger partial charge is 0.254 e. The lowest BCUT2D eigenvalue weighted by Crippen LogP contribution is -2.34. The molecule has 2 aromatic rings. The van der Waals surface area contributed by atoms with Gasteiger partial charge in [0.05, 0.1) is 12.6 Å². The third-order valence-electron chi connectivity index (χ3n) is 5.62. The number of hydrogen-bond donors (Lipinski definition) is 4. The van der Waals surface area contributed by atoms with Crippen molar-refractivity contribution < 1.29 is 14.4 Å². The summed E-state index contributed by atoms with van der Waals surface area (Å²) < 4.78 is 1.67. The Labute approximate surface area is 172 Å². The van der Waals surface area contributed by atoms with E-state index < -0.39 is 5.91 Å². The Morgan fingerprint density at radius 3 is 2.70 bits per heavy atom. The van der Waals surface area contributed by atoms with Gasteiger partial charge >= 0.3 is 0 Å². The molecule has 5 rings (SSSR count). The van der Waals surface area contributed by atoms with E-state index in [-0.39, 0.29) is 24.2 Å². The van der Waals surface area contributed by atoms with Crippen molar-refractivity contribution in [1.82, 2.24) is 25.2 Å². The molecular weight excluding hydrogens is 386 g/mol. The average molecular weight is 409 g/mol. The van der Waals surface area contributed by atoms with E-state index in [9.17, 15) is 14.4 Å². The first-order valence-corrected chi connectivity index (χ1v) is 10.3. The summed E-state index contributed by atoms with van der Waals surface area (Å²) in [6.07, 6.45) is 7.05. The van der Waals surface area contributed by atoms with Crippen LogP contribution in [0.3, 0.4) is 0 Å². The zero-order valence-electron chi connectivity index (χ0n) is 16.4. The largest absolute Gasteiger partial charge is 0.367 e. The lowest BCUT2D eigenvalue weighted by Gasteiger charge is -2.21. The Kier molecular flexibility index (Phi) is 4.70. The molecule has 0 spiro atoms. The Hall–Kier alpha value is -3.27. The molecule has 3 amide bonds. The molecule has 30 heavy (non-hydrogen) atoms. The van der Waals surface area contributed by atoms with Gasteiger partial charge in [0.25, 0.3) is 5.91 Å². The number of anilines is 2. The fraction of sp³-hybridized carbons (Fsp3) is 0.450. The van der Waals surface area contributed by atoms with Gasteiger partial charge in [-0.2, -0.15) is 9.61 Å². The van der Waals surface area contributed by atoms with E-state index in [1.54, 1.807) is 22.9 Å². The number of rotatable bonds is 5. The molecular formula is C20H23N7O3. The molecule has 0 aromatic carbocycles. The highest BCUT2D eigenvalue weighted by Gasteiger charge is 2.26. The van der Waals surface area contributed by atoms with Crippen molar-refractivity contribution in [2.45, 2.75) is 38.1 Å². The normalized spacial score (nSPS) is 21.3. The number of aromatic nitrogens is 3. The highest BCUT2D eigenvalue weighted by Crippen LogP contribution is 2.28. The molecule has 0 bridgehead atoms. The number of carbonyl (C=O) groups excluding carboxylic acids is 3. The number of nitrogens with one attached hydrogen (secondary N) is 4. The first-order chi connectivity index (χ1) is 14.6. The lowest BCUT2D eigenvalue weighted by molar-refractivity contribution is -0.124. The predicted molar refractivity (Wildman–Crippen MR) is 110 cm³/mol. The number of nitrogens with zero attached hydrogens (tertiary/aromatic N) is 3. The molecule has 4 heterocycles. The molecule has 2 aliphatic heterocycles. The van der Waals surface area contributed by atoms with Crippen LogP contribution in [-0.2, 0) is 14.4 Å². The minimum Gasteiger partial charge on any atom is -0.367 e. The van der Waals surface area contributed by atoms with Gasteiger partial charge in [-0.25, -0.2) is 4.98 Å². The Morgan fingerprint density at radius 1 is 1.20 bits per heavy atom. The number of hydrogen-bond acceptors (Lipinski definition) is 7. The van der Waals surface area contributed by atoms with E-state index in [1.165, 1.54) is 0 Å². The van der Waals surface area contributed by atoms with Gasteiger partial charge in [0.1, 0.15) is 11.6 Å². The van der Waals surface area contributed by atoms with Crippen LogP contribution in [0.2, 0.25) is 0 Å². The Balaban J connectivity index is 1.49. The van der Waals surface area contributed by atoms with Crippen molar-refractivity contribution in [3.8, 4) is 0 Å². The SMILES string of the molecule is O=C1C/C(=C\c2cnn3c(NC4CC4)cc(NC(=O)C4CCNCC4)nc23)C(=O)N1. The second-order valence-corrected chi connectivity index (χ2v) is 8.02. The molecule has 156 valence electrons. The minimum absolute atomic E-state index is 0.0362. The number of carbonyl (C=O) groups is 3. The summed E-state index contributed by atoms with van der Waals surface area (Å²) in [5, 5.41) is 16.3. The van der Waals surface area contributed by atoms with Gasteiger partial charge in [-0.15, -0.1) is 0 Å². The molecule has 0 unspecified atom stereocenters. The minimum atomic E-state index is -0.397. The van der Waals surface area contributed by atoms with E-state index in [4.69, 9.17) is 0 Å². The van der Waals surface area contributed by atoms with Crippen LogP contribution in [0.25, 0.3) is 11.7 Å². The molecule has 1 aliphatic carbocycles. The second kappa shape index (κ2) is 7.52. The summed E-state index contributed by atoms with van der Waals surface area (Å²) in [6, 6.07) is 2.17. The van der Waals surface area contributed by atoms with Gasteiger partial charge in [-0.3, -0.25) is 19.7 Å². The molecule has 0 radical (unpaired) electrons. The number of fused-ring (bicyclic) bond motifs is 1. The van der Waals surface area contributed by atoms with Gasteiger partial charge in [-0.1, -0.05) is 0 Å². The third kappa shape index (κ3) is 3.78. The maximum atomic E-state index is 12.7. The standard InChI is InChI=1S/C20H23N7O3/c28-17-8-12(20(30)26-17)7-13-10-22-27-16(23-14-1-2-14)9-15(24-18(13)27)25-19(29)11-3-5-21-6-4-11/h7,9-11,14,21,23H,1-6,8H2,(H,24,25,29)(H,26,28,30)/b12-7+. The molecule has 3 aliphatic rings. The summed E-state index contributed by atoms with van der Waals surface area (Å²) in [7, 11) is 0. The van der Waals surface area contributed by atoms with Crippen LogP contribution in [0, 0.1) is 5.92 Å². The van der Waals surface area contributed by atoms with Crippen molar-refractivity contribution in [3.63, 3.8) is 0 Å². The number of imide groups is 1. The van der Waals surface area contributed by atoms with Gasteiger partial charge in [0, 0.05) is 29.2 Å². The summed E-state index contributed by atoms with van der Waals surface area (Å²) in [4.78, 5) is 40.7. The van der Waals surface area contributed by atoms with Crippen LogP contribution in [0.1, 0.15) is 37.7 Å². The zero-order valence-corrected chi connectivity index (χ0v) is 16.4. The molecule has 10 heteroatoms. The van der Waals surface area contributed by atoms with E-state index in [0.29, 0.717) is 28.6 Å². The zero-order chi connectivity index (χ0) is 20.7. The molecule has 3 fully saturated rings. The predicted octanol–water partition coefficient (Wildman–Crippen LogP) is 0.672. The van der Waals surface area contributed by atoms with Crippen LogP contribution in [-0.4, -0.2) is 51.5 Å². The van der Waals surface area contributed by atoms with Gasteiger partial charge in [0.15, 0.2) is 5.65 Å². The maximum Gasteiger partial charge on any atom is 0.254 e. The molecule has 10 nitrogen and oxygen atoms in total. The fourth-order valence-corrected chi connectivity index (χ4v) is 3.81. The van der Waals surface area contributed by atoms with Crippen LogP contribution in [0.4, 0.5) is 11.6 Å². The third-order valence-corrected chi connectivity index (χ3v) is 5.62. The highest BCUT2D eigenvalue weighted by atomic mass is 16.2. The van der Waals surface area contributed by atoms with Crippen LogP contribution in [0.15, 0.2) is 17.8 Å². The quantitative estimate of drug-likeness (QED) is 0.422. The topological polar surface area (TPSA) is 130 Å². The lowest BCUT2D eigenvalue weighted by atomic mass is 9.97. The number of amides is 3.